The van der Waals surface area contributed by atoms with Gasteiger partial charge >= 0.3 is 0 Å². The van der Waals surface area contributed by atoms with Gasteiger partial charge in [-0.3, -0.25) is 4.79 Å². The fourth-order valence-corrected chi connectivity index (χ4v) is 2.91. The van der Waals surface area contributed by atoms with E-state index < -0.39 is 5.41 Å². The first-order chi connectivity index (χ1) is 10.5. The average molecular weight is 326 g/mol. The van der Waals surface area contributed by atoms with Crippen LogP contribution in [0.25, 0.3) is 0 Å². The van der Waals surface area contributed by atoms with Crippen molar-refractivity contribution >= 4 is 17.5 Å². The number of ether oxygens (including phenoxy) is 1. The minimum absolute atomic E-state index is 0.00548. The number of hydrogen-bond acceptors (Lipinski definition) is 3. The molecule has 1 amide bonds. The van der Waals surface area contributed by atoms with E-state index in [9.17, 15) is 9.90 Å². The number of nitrogens with one attached hydrogen (secondary N) is 1. The Morgan fingerprint density at radius 1 is 1.32 bits per heavy atom. The molecule has 122 valence electrons. The minimum Gasteiger partial charge on any atom is -0.396 e. The SMILES string of the molecule is CC(CO)C(C)NC(=O)C1(c2ccc(Cl)cc2)CCOCC1. The van der Waals surface area contributed by atoms with Crippen LogP contribution in [-0.4, -0.2) is 36.9 Å². The predicted octanol–water partition coefficient (Wildman–Crippen LogP) is 2.52. The molecule has 1 saturated heterocycles. The third-order valence-electron chi connectivity index (χ3n) is 4.68. The average Bonchev–Trinajstić information content (AvgIpc) is 2.55. The Bertz CT molecular complexity index is 497. The molecule has 2 unspecified atom stereocenters. The van der Waals surface area contributed by atoms with Crippen LogP contribution >= 0.6 is 11.6 Å². The molecule has 0 radical (unpaired) electrons. The van der Waals surface area contributed by atoms with E-state index in [-0.39, 0.29) is 24.5 Å². The summed E-state index contributed by atoms with van der Waals surface area (Å²) in [5.74, 6) is 0.0250. The van der Waals surface area contributed by atoms with Gasteiger partial charge in [0.05, 0.1) is 5.41 Å². The fraction of sp³-hybridized carbons (Fsp3) is 0.588. The lowest BCUT2D eigenvalue weighted by molar-refractivity contribution is -0.131. The number of carbonyl (C=O) groups is 1. The lowest BCUT2D eigenvalue weighted by Crippen LogP contribution is -2.51. The standard InChI is InChI=1S/C17H24ClNO3/c1-12(11-20)13(2)19-16(21)17(7-9-22-10-8-17)14-3-5-15(18)6-4-14/h3-6,12-13,20H,7-11H2,1-2H3,(H,19,21). The summed E-state index contributed by atoms with van der Waals surface area (Å²) in [6.45, 7) is 5.04. The molecule has 5 heteroatoms. The van der Waals surface area contributed by atoms with E-state index in [0.29, 0.717) is 31.1 Å². The Morgan fingerprint density at radius 3 is 2.45 bits per heavy atom. The van der Waals surface area contributed by atoms with Gasteiger partial charge in [-0.05, 0) is 43.4 Å². The number of carbonyl (C=O) groups excluding carboxylic acids is 1. The summed E-state index contributed by atoms with van der Waals surface area (Å²) in [4.78, 5) is 13.0. The number of amides is 1. The van der Waals surface area contributed by atoms with Gasteiger partial charge < -0.3 is 15.2 Å². The van der Waals surface area contributed by atoms with E-state index >= 15 is 0 Å². The van der Waals surface area contributed by atoms with E-state index in [1.165, 1.54) is 0 Å². The lowest BCUT2D eigenvalue weighted by atomic mass is 9.73. The topological polar surface area (TPSA) is 58.6 Å². The van der Waals surface area contributed by atoms with E-state index in [1.54, 1.807) is 0 Å². The second-order valence-electron chi connectivity index (χ2n) is 6.12. The second-order valence-corrected chi connectivity index (χ2v) is 6.56. The van der Waals surface area contributed by atoms with Crippen molar-refractivity contribution < 1.29 is 14.6 Å². The highest BCUT2D eigenvalue weighted by molar-refractivity contribution is 6.30. The first kappa shape index (κ1) is 17.3. The Morgan fingerprint density at radius 2 is 1.91 bits per heavy atom. The van der Waals surface area contributed by atoms with Crippen molar-refractivity contribution in [1.29, 1.82) is 0 Å². The van der Waals surface area contributed by atoms with Crippen molar-refractivity contribution in [3.63, 3.8) is 0 Å². The number of aliphatic hydroxyl groups excluding tert-OH is 1. The molecule has 0 saturated carbocycles. The maximum Gasteiger partial charge on any atom is 0.231 e. The Kier molecular flexibility index (Phi) is 5.84. The van der Waals surface area contributed by atoms with Crippen LogP contribution in [-0.2, 0) is 14.9 Å². The van der Waals surface area contributed by atoms with Crippen molar-refractivity contribution in [3.05, 3.63) is 34.9 Å². The van der Waals surface area contributed by atoms with Gasteiger partial charge in [-0.15, -0.1) is 0 Å². The zero-order valence-electron chi connectivity index (χ0n) is 13.1. The predicted molar refractivity (Wildman–Crippen MR) is 87.0 cm³/mol. The third kappa shape index (κ3) is 3.62. The van der Waals surface area contributed by atoms with Crippen LogP contribution in [0, 0.1) is 5.92 Å². The number of hydrogen-bond donors (Lipinski definition) is 2. The molecule has 2 atom stereocenters. The van der Waals surface area contributed by atoms with Crippen molar-refractivity contribution in [2.75, 3.05) is 19.8 Å². The summed E-state index contributed by atoms with van der Waals surface area (Å²) < 4.78 is 5.45. The molecule has 0 aliphatic carbocycles. The van der Waals surface area contributed by atoms with Gasteiger partial charge in [-0.1, -0.05) is 30.7 Å². The van der Waals surface area contributed by atoms with Gasteiger partial charge in [0.25, 0.3) is 0 Å². The number of benzene rings is 1. The zero-order valence-corrected chi connectivity index (χ0v) is 13.9. The Labute approximate surface area is 136 Å². The summed E-state index contributed by atoms with van der Waals surface area (Å²) in [7, 11) is 0. The minimum atomic E-state index is -0.577. The second kappa shape index (κ2) is 7.44. The highest BCUT2D eigenvalue weighted by atomic mass is 35.5. The summed E-state index contributed by atoms with van der Waals surface area (Å²) in [6.07, 6.45) is 1.31. The Balaban J connectivity index is 2.25. The van der Waals surface area contributed by atoms with Gasteiger partial charge in [0, 0.05) is 30.9 Å². The molecule has 22 heavy (non-hydrogen) atoms. The van der Waals surface area contributed by atoms with E-state index in [4.69, 9.17) is 16.3 Å². The monoisotopic (exact) mass is 325 g/mol. The van der Waals surface area contributed by atoms with Crippen LogP contribution in [0.2, 0.25) is 5.02 Å². The quantitative estimate of drug-likeness (QED) is 0.874. The van der Waals surface area contributed by atoms with Crippen molar-refractivity contribution in [2.45, 2.75) is 38.1 Å². The Hall–Kier alpha value is -1.10. The fourth-order valence-electron chi connectivity index (χ4n) is 2.78. The molecule has 2 N–H and O–H groups in total. The van der Waals surface area contributed by atoms with Crippen LogP contribution in [0.4, 0.5) is 0 Å². The van der Waals surface area contributed by atoms with E-state index in [0.717, 1.165) is 5.56 Å². The maximum absolute atomic E-state index is 13.0. The van der Waals surface area contributed by atoms with Crippen LogP contribution in [0.1, 0.15) is 32.3 Å². The van der Waals surface area contributed by atoms with E-state index in [1.807, 2.05) is 38.1 Å². The molecular weight excluding hydrogens is 302 g/mol. The molecule has 1 aliphatic heterocycles. The number of rotatable bonds is 5. The third-order valence-corrected chi connectivity index (χ3v) is 4.93. The summed E-state index contributed by atoms with van der Waals surface area (Å²) in [6, 6.07) is 7.41. The number of aliphatic hydroxyl groups is 1. The maximum atomic E-state index is 13.0. The molecule has 1 aromatic rings. The van der Waals surface area contributed by atoms with Gasteiger partial charge in [0.2, 0.25) is 5.91 Å². The zero-order chi connectivity index (χ0) is 16.2. The normalized spacial score (nSPS) is 20.2. The van der Waals surface area contributed by atoms with Crippen LogP contribution in [0.3, 0.4) is 0 Å². The molecule has 1 fully saturated rings. The highest BCUT2D eigenvalue weighted by Crippen LogP contribution is 2.36. The van der Waals surface area contributed by atoms with Gasteiger partial charge in [0.15, 0.2) is 0 Å². The molecule has 2 rings (SSSR count). The van der Waals surface area contributed by atoms with Crippen LogP contribution in [0.5, 0.6) is 0 Å². The van der Waals surface area contributed by atoms with Gasteiger partial charge in [-0.25, -0.2) is 0 Å². The molecule has 1 aromatic carbocycles. The number of halogens is 1. The molecule has 4 nitrogen and oxygen atoms in total. The first-order valence-corrected chi connectivity index (χ1v) is 8.13. The highest BCUT2D eigenvalue weighted by Gasteiger charge is 2.42. The lowest BCUT2D eigenvalue weighted by Gasteiger charge is -2.37. The molecule has 1 heterocycles. The molecule has 0 aromatic heterocycles. The molecule has 0 spiro atoms. The van der Waals surface area contributed by atoms with Crippen LogP contribution < -0.4 is 5.32 Å². The summed E-state index contributed by atoms with van der Waals surface area (Å²) in [5, 5.41) is 13.0. The summed E-state index contributed by atoms with van der Waals surface area (Å²) >= 11 is 5.97. The molecule has 1 aliphatic rings. The molecular formula is C17H24ClNO3. The van der Waals surface area contributed by atoms with Crippen molar-refractivity contribution in [1.82, 2.24) is 5.32 Å². The van der Waals surface area contributed by atoms with Crippen molar-refractivity contribution in [2.24, 2.45) is 5.92 Å². The van der Waals surface area contributed by atoms with Crippen molar-refractivity contribution in [3.8, 4) is 0 Å². The first-order valence-electron chi connectivity index (χ1n) is 7.75. The van der Waals surface area contributed by atoms with Crippen LogP contribution in [0.15, 0.2) is 24.3 Å². The largest absolute Gasteiger partial charge is 0.396 e. The van der Waals surface area contributed by atoms with Gasteiger partial charge in [-0.2, -0.15) is 0 Å². The summed E-state index contributed by atoms with van der Waals surface area (Å²) in [5.41, 5.74) is 0.397. The molecule has 0 bridgehead atoms. The smallest absolute Gasteiger partial charge is 0.231 e. The van der Waals surface area contributed by atoms with E-state index in [2.05, 4.69) is 5.32 Å². The van der Waals surface area contributed by atoms with Gasteiger partial charge in [0.1, 0.15) is 0 Å².